The van der Waals surface area contributed by atoms with Crippen molar-refractivity contribution in [1.82, 2.24) is 24.5 Å². The number of rotatable bonds is 5. The van der Waals surface area contributed by atoms with Crippen molar-refractivity contribution in [3.8, 4) is 44.8 Å². The lowest BCUT2D eigenvalue weighted by atomic mass is 9.97. The van der Waals surface area contributed by atoms with Crippen molar-refractivity contribution in [3.63, 3.8) is 0 Å². The molecule has 3 heterocycles. The first-order chi connectivity index (χ1) is 31.2. The molecule has 10 aromatic carbocycles. The van der Waals surface area contributed by atoms with Gasteiger partial charge in [-0.05, 0) is 87.1 Å². The second-order valence-electron chi connectivity index (χ2n) is 16.5. The molecule has 0 aliphatic heterocycles. The van der Waals surface area contributed by atoms with Crippen LogP contribution < -0.4 is 0 Å². The molecule has 63 heavy (non-hydrogen) atoms. The molecule has 0 aliphatic rings. The average Bonchev–Trinajstić information content (AvgIpc) is 3.68. The lowest BCUT2D eigenvalue weighted by Gasteiger charge is -2.11. The number of fused-ring (bicyclic) bond motifs is 15. The first-order valence-corrected chi connectivity index (χ1v) is 21.6. The molecule has 0 atom stereocenters. The summed E-state index contributed by atoms with van der Waals surface area (Å²) in [5.41, 5.74) is 14.5. The second kappa shape index (κ2) is 13.9. The lowest BCUT2D eigenvalue weighted by Crippen LogP contribution is -1.93. The fourth-order valence-corrected chi connectivity index (χ4v) is 10.0. The van der Waals surface area contributed by atoms with Crippen molar-refractivity contribution < 1.29 is 0 Å². The molecule has 0 unspecified atom stereocenters. The highest BCUT2D eigenvalue weighted by atomic mass is 15.0. The molecule has 0 saturated heterocycles. The summed E-state index contributed by atoms with van der Waals surface area (Å²) in [5.74, 6) is 0. The highest BCUT2D eigenvalue weighted by Gasteiger charge is 2.17. The molecule has 0 amide bonds. The predicted octanol–water partition coefficient (Wildman–Crippen LogP) is 15.0. The van der Waals surface area contributed by atoms with E-state index in [0.29, 0.717) is 0 Å². The zero-order valence-corrected chi connectivity index (χ0v) is 34.4. The Bertz CT molecular complexity index is 3700. The Morgan fingerprint density at radius 2 is 0.667 bits per heavy atom. The fraction of sp³-hybridized carbons (Fsp3) is 0.0345. The van der Waals surface area contributed by atoms with Gasteiger partial charge in [0.15, 0.2) is 0 Å². The number of benzene rings is 10. The Kier molecular flexibility index (Phi) is 7.81. The smallest absolute Gasteiger partial charge is 0.0979 e. The largest absolute Gasteiger partial charge is 0.341 e. The van der Waals surface area contributed by atoms with Crippen LogP contribution in [-0.2, 0) is 6.54 Å². The Labute approximate surface area is 362 Å². The van der Waals surface area contributed by atoms with Gasteiger partial charge >= 0.3 is 0 Å². The van der Waals surface area contributed by atoms with Crippen molar-refractivity contribution in [3.05, 3.63) is 194 Å². The number of hydrogen-bond donors (Lipinski definition) is 0. The summed E-state index contributed by atoms with van der Waals surface area (Å²) in [6, 6.07) is 65.2. The van der Waals surface area contributed by atoms with Gasteiger partial charge in [0.05, 0.1) is 45.8 Å². The van der Waals surface area contributed by atoms with Gasteiger partial charge in [-0.15, -0.1) is 0 Å². The standard InChI is InChI=1S/C58H37N5/c1-2-63-53-27-25-37(35-13-11-15-39(29-35)51-33-59-55-45-21-7-3-17-41(45)43-19-5-9-23-47(43)57(55)61-51)31-49(53)50-32-38(26-28-54(50)63)36-14-12-16-40(30-36)52-34-60-56-46-22-8-4-18-42(46)44-20-6-10-24-48(44)58(56)62-52/h3-34H,2H2,1H3. The average molecular weight is 804 g/mol. The van der Waals surface area contributed by atoms with Crippen molar-refractivity contribution in [2.75, 3.05) is 0 Å². The van der Waals surface area contributed by atoms with Gasteiger partial charge in [-0.2, -0.15) is 0 Å². The van der Waals surface area contributed by atoms with E-state index in [-0.39, 0.29) is 0 Å². The Hall–Kier alpha value is -8.28. The highest BCUT2D eigenvalue weighted by Crippen LogP contribution is 2.39. The van der Waals surface area contributed by atoms with E-state index in [2.05, 4.69) is 193 Å². The molecule has 5 heteroatoms. The molecule has 0 bridgehead atoms. The molecule has 0 spiro atoms. The first kappa shape index (κ1) is 35.5. The van der Waals surface area contributed by atoms with Crippen LogP contribution in [-0.4, -0.2) is 24.5 Å². The van der Waals surface area contributed by atoms with Gasteiger partial charge < -0.3 is 4.57 Å². The van der Waals surface area contributed by atoms with E-state index >= 15 is 0 Å². The van der Waals surface area contributed by atoms with E-state index in [0.717, 1.165) is 94.9 Å². The normalized spacial score (nSPS) is 12.0. The topological polar surface area (TPSA) is 56.5 Å². The quantitative estimate of drug-likeness (QED) is 0.163. The van der Waals surface area contributed by atoms with Crippen LogP contribution in [0.4, 0.5) is 0 Å². The van der Waals surface area contributed by atoms with E-state index in [9.17, 15) is 0 Å². The number of aryl methyl sites for hydroxylation is 1. The minimum Gasteiger partial charge on any atom is -0.341 e. The maximum Gasteiger partial charge on any atom is 0.0979 e. The molecule has 13 aromatic rings. The van der Waals surface area contributed by atoms with Gasteiger partial charge in [-0.25, -0.2) is 9.97 Å². The number of hydrogen-bond acceptors (Lipinski definition) is 4. The van der Waals surface area contributed by atoms with Gasteiger partial charge in [0, 0.05) is 61.0 Å². The van der Waals surface area contributed by atoms with Crippen LogP contribution in [0.25, 0.3) is 132 Å². The van der Waals surface area contributed by atoms with E-state index < -0.39 is 0 Å². The highest BCUT2D eigenvalue weighted by molar-refractivity contribution is 6.24. The van der Waals surface area contributed by atoms with Gasteiger partial charge in [0.25, 0.3) is 0 Å². The fourth-order valence-electron chi connectivity index (χ4n) is 10.0. The third kappa shape index (κ3) is 5.49. The van der Waals surface area contributed by atoms with Crippen molar-refractivity contribution in [1.29, 1.82) is 0 Å². The SMILES string of the molecule is CCn1c2ccc(-c3cccc(-c4cnc5c6ccccc6c6ccccc6c5n4)c3)cc2c2cc(-c3cccc(-c4cnc5c6ccccc6c6ccccc6c5n4)c3)ccc21. The van der Waals surface area contributed by atoms with Gasteiger partial charge in [0.1, 0.15) is 0 Å². The van der Waals surface area contributed by atoms with Gasteiger partial charge in [0.2, 0.25) is 0 Å². The van der Waals surface area contributed by atoms with Gasteiger partial charge in [-0.1, -0.05) is 146 Å². The van der Waals surface area contributed by atoms with Crippen molar-refractivity contribution in [2.24, 2.45) is 0 Å². The van der Waals surface area contributed by atoms with Crippen molar-refractivity contribution >= 4 is 87.0 Å². The monoisotopic (exact) mass is 803 g/mol. The van der Waals surface area contributed by atoms with Crippen LogP contribution in [0.15, 0.2) is 194 Å². The summed E-state index contributed by atoms with van der Waals surface area (Å²) in [4.78, 5) is 20.7. The molecule has 0 aliphatic carbocycles. The van der Waals surface area contributed by atoms with Crippen LogP contribution in [0.5, 0.6) is 0 Å². The molecule has 5 nitrogen and oxygen atoms in total. The molecule has 0 radical (unpaired) electrons. The van der Waals surface area contributed by atoms with Crippen LogP contribution in [0.1, 0.15) is 6.92 Å². The van der Waals surface area contributed by atoms with E-state index in [1.165, 1.54) is 43.4 Å². The minimum atomic E-state index is 0.858. The lowest BCUT2D eigenvalue weighted by molar-refractivity contribution is 0.827. The summed E-state index contributed by atoms with van der Waals surface area (Å²) in [6.07, 6.45) is 3.85. The molecule has 0 saturated carbocycles. The Morgan fingerprint density at radius 3 is 1.06 bits per heavy atom. The third-order valence-corrected chi connectivity index (χ3v) is 13.0. The number of nitrogens with zero attached hydrogens (tertiary/aromatic N) is 5. The Balaban J connectivity index is 0.898. The molecule has 0 N–H and O–H groups in total. The van der Waals surface area contributed by atoms with Crippen LogP contribution >= 0.6 is 0 Å². The minimum absolute atomic E-state index is 0.858. The molecular formula is C58H37N5. The van der Waals surface area contributed by atoms with Crippen LogP contribution in [0, 0.1) is 0 Å². The molecule has 0 fully saturated rings. The van der Waals surface area contributed by atoms with E-state index in [4.69, 9.17) is 19.9 Å². The third-order valence-electron chi connectivity index (χ3n) is 13.0. The maximum atomic E-state index is 5.29. The van der Waals surface area contributed by atoms with Gasteiger partial charge in [-0.3, -0.25) is 9.97 Å². The Morgan fingerprint density at radius 1 is 0.317 bits per heavy atom. The zero-order valence-electron chi connectivity index (χ0n) is 34.4. The van der Waals surface area contributed by atoms with Crippen LogP contribution in [0.2, 0.25) is 0 Å². The summed E-state index contributed by atoms with van der Waals surface area (Å²) >= 11 is 0. The molecule has 294 valence electrons. The molecule has 13 rings (SSSR count). The first-order valence-electron chi connectivity index (χ1n) is 21.6. The molecular weight excluding hydrogens is 767 g/mol. The van der Waals surface area contributed by atoms with E-state index in [1.54, 1.807) is 0 Å². The summed E-state index contributed by atoms with van der Waals surface area (Å²) < 4.78 is 2.42. The van der Waals surface area contributed by atoms with E-state index in [1.807, 2.05) is 12.4 Å². The summed E-state index contributed by atoms with van der Waals surface area (Å²) in [7, 11) is 0. The maximum absolute atomic E-state index is 5.29. The summed E-state index contributed by atoms with van der Waals surface area (Å²) in [5, 5.41) is 11.7. The predicted molar refractivity (Wildman–Crippen MR) is 263 cm³/mol. The zero-order chi connectivity index (χ0) is 41.6. The van der Waals surface area contributed by atoms with Crippen molar-refractivity contribution in [2.45, 2.75) is 13.5 Å². The molecule has 3 aromatic heterocycles. The number of aromatic nitrogens is 5. The van der Waals surface area contributed by atoms with Crippen LogP contribution in [0.3, 0.4) is 0 Å². The summed E-state index contributed by atoms with van der Waals surface area (Å²) in [6.45, 7) is 3.10. The second-order valence-corrected chi connectivity index (χ2v) is 16.5.